The van der Waals surface area contributed by atoms with E-state index in [0.29, 0.717) is 12.6 Å². The minimum Gasteiger partial charge on any atom is -0.392 e. The maximum Gasteiger partial charge on any atom is 0.0662 e. The number of hydrogen-bond donors (Lipinski definition) is 2. The first-order chi connectivity index (χ1) is 4.70. The smallest absolute Gasteiger partial charge is 0.0662 e. The highest BCUT2D eigenvalue weighted by atomic mass is 16.3. The van der Waals surface area contributed by atoms with Crippen LogP contribution < -0.4 is 5.32 Å². The zero-order valence-corrected chi connectivity index (χ0v) is 6.80. The lowest BCUT2D eigenvalue weighted by Crippen LogP contribution is -2.31. The van der Waals surface area contributed by atoms with Gasteiger partial charge in [0, 0.05) is 12.6 Å². The van der Waals surface area contributed by atoms with Crippen molar-refractivity contribution in [3.05, 3.63) is 12.7 Å². The summed E-state index contributed by atoms with van der Waals surface area (Å²) >= 11 is 0. The van der Waals surface area contributed by atoms with Gasteiger partial charge in [-0.2, -0.15) is 0 Å². The highest BCUT2D eigenvalue weighted by molar-refractivity contribution is 4.81. The molecule has 0 aliphatic rings. The van der Waals surface area contributed by atoms with E-state index >= 15 is 0 Å². The van der Waals surface area contributed by atoms with Crippen LogP contribution in [0.1, 0.15) is 20.3 Å². The molecule has 0 aliphatic heterocycles. The number of hydrogen-bond acceptors (Lipinski definition) is 2. The number of aliphatic hydroxyl groups is 1. The molecule has 2 N–H and O–H groups in total. The van der Waals surface area contributed by atoms with Crippen molar-refractivity contribution in [1.82, 2.24) is 5.32 Å². The Morgan fingerprint density at radius 3 is 2.70 bits per heavy atom. The Balaban J connectivity index is 3.25. The summed E-state index contributed by atoms with van der Waals surface area (Å²) in [5.74, 6) is 0. The summed E-state index contributed by atoms with van der Waals surface area (Å²) in [5.41, 5.74) is 0. The summed E-state index contributed by atoms with van der Waals surface area (Å²) in [7, 11) is 0. The van der Waals surface area contributed by atoms with Crippen LogP contribution in [0.2, 0.25) is 0 Å². The van der Waals surface area contributed by atoms with Crippen molar-refractivity contribution in [3.63, 3.8) is 0 Å². The lowest BCUT2D eigenvalue weighted by atomic mass is 10.2. The average molecular weight is 143 g/mol. The van der Waals surface area contributed by atoms with E-state index in [0.717, 1.165) is 6.42 Å². The molecule has 0 saturated carbocycles. The third-order valence-electron chi connectivity index (χ3n) is 1.50. The summed E-state index contributed by atoms with van der Waals surface area (Å²) in [4.78, 5) is 0. The zero-order chi connectivity index (χ0) is 7.98. The molecule has 0 heterocycles. The van der Waals surface area contributed by atoms with E-state index in [1.165, 1.54) is 0 Å². The lowest BCUT2D eigenvalue weighted by molar-refractivity contribution is 0.166. The molecule has 2 heteroatoms. The van der Waals surface area contributed by atoms with E-state index in [-0.39, 0.29) is 6.10 Å². The van der Waals surface area contributed by atoms with Gasteiger partial charge in [-0.15, -0.1) is 6.58 Å². The number of nitrogens with one attached hydrogen (secondary N) is 1. The maximum absolute atomic E-state index is 9.11. The fourth-order valence-corrected chi connectivity index (χ4v) is 0.550. The summed E-state index contributed by atoms with van der Waals surface area (Å²) < 4.78 is 0. The molecule has 10 heavy (non-hydrogen) atoms. The predicted molar refractivity (Wildman–Crippen MR) is 44.0 cm³/mol. The second-order valence-electron chi connectivity index (χ2n) is 2.49. The maximum atomic E-state index is 9.11. The van der Waals surface area contributed by atoms with Crippen molar-refractivity contribution >= 4 is 0 Å². The normalized spacial score (nSPS) is 16.3. The molecule has 0 aromatic heterocycles. The second kappa shape index (κ2) is 5.45. The third kappa shape index (κ3) is 4.53. The topological polar surface area (TPSA) is 32.3 Å². The van der Waals surface area contributed by atoms with Gasteiger partial charge in [-0.1, -0.05) is 13.0 Å². The summed E-state index contributed by atoms with van der Waals surface area (Å²) in [6, 6.07) is 0.293. The van der Waals surface area contributed by atoms with Crippen LogP contribution in [-0.4, -0.2) is 23.8 Å². The van der Waals surface area contributed by atoms with Gasteiger partial charge in [-0.25, -0.2) is 0 Å². The monoisotopic (exact) mass is 143 g/mol. The van der Waals surface area contributed by atoms with E-state index in [1.54, 1.807) is 0 Å². The molecular formula is C8H17NO. The molecule has 0 aromatic rings. The molecule has 0 radical (unpaired) electrons. The lowest BCUT2D eigenvalue weighted by Gasteiger charge is -2.12. The summed E-state index contributed by atoms with van der Waals surface area (Å²) in [6.45, 7) is 8.25. The van der Waals surface area contributed by atoms with E-state index in [4.69, 9.17) is 5.11 Å². The quantitative estimate of drug-likeness (QED) is 0.561. The molecule has 0 aliphatic carbocycles. The van der Waals surface area contributed by atoms with Gasteiger partial charge >= 0.3 is 0 Å². The zero-order valence-electron chi connectivity index (χ0n) is 6.80. The minimum absolute atomic E-state index is 0.220. The molecule has 0 saturated heterocycles. The van der Waals surface area contributed by atoms with Crippen LogP contribution in [0.5, 0.6) is 0 Å². The van der Waals surface area contributed by atoms with Crippen molar-refractivity contribution in [2.45, 2.75) is 32.4 Å². The Labute approximate surface area is 62.9 Å². The van der Waals surface area contributed by atoms with Gasteiger partial charge in [0.15, 0.2) is 0 Å². The van der Waals surface area contributed by atoms with Crippen molar-refractivity contribution in [2.75, 3.05) is 6.54 Å². The van der Waals surface area contributed by atoms with Crippen molar-refractivity contribution < 1.29 is 5.11 Å². The van der Waals surface area contributed by atoms with E-state index < -0.39 is 0 Å². The van der Waals surface area contributed by atoms with Gasteiger partial charge in [0.1, 0.15) is 0 Å². The van der Waals surface area contributed by atoms with E-state index in [9.17, 15) is 0 Å². The molecule has 0 fully saturated rings. The highest BCUT2D eigenvalue weighted by Crippen LogP contribution is 1.88. The van der Waals surface area contributed by atoms with Crippen LogP contribution in [0, 0.1) is 0 Å². The highest BCUT2D eigenvalue weighted by Gasteiger charge is 2.00. The number of rotatable bonds is 5. The standard InChI is InChI=1S/C8H17NO/c1-4-7(3)9-6-8(10)5-2/h4,7-10H,1,5-6H2,2-3H3/t7?,8-/m1/s1. The third-order valence-corrected chi connectivity index (χ3v) is 1.50. The molecule has 0 amide bonds. The molecule has 2 nitrogen and oxygen atoms in total. The molecule has 0 spiro atoms. The van der Waals surface area contributed by atoms with Gasteiger partial charge in [0.25, 0.3) is 0 Å². The van der Waals surface area contributed by atoms with Gasteiger partial charge in [-0.3, -0.25) is 0 Å². The van der Waals surface area contributed by atoms with Crippen LogP contribution in [-0.2, 0) is 0 Å². The van der Waals surface area contributed by atoms with Crippen LogP contribution in [0.25, 0.3) is 0 Å². The van der Waals surface area contributed by atoms with Crippen molar-refractivity contribution in [2.24, 2.45) is 0 Å². The molecule has 1 unspecified atom stereocenters. The Kier molecular flexibility index (Phi) is 5.26. The SMILES string of the molecule is C=CC(C)NC[C@H](O)CC. The Morgan fingerprint density at radius 1 is 1.70 bits per heavy atom. The Hall–Kier alpha value is -0.340. The van der Waals surface area contributed by atoms with Gasteiger partial charge < -0.3 is 10.4 Å². The largest absolute Gasteiger partial charge is 0.392 e. The Bertz CT molecular complexity index is 93.3. The summed E-state index contributed by atoms with van der Waals surface area (Å²) in [6.07, 6.45) is 2.40. The van der Waals surface area contributed by atoms with Gasteiger partial charge in [0.05, 0.1) is 6.10 Å². The van der Waals surface area contributed by atoms with Crippen molar-refractivity contribution in [1.29, 1.82) is 0 Å². The first-order valence-corrected chi connectivity index (χ1v) is 3.74. The van der Waals surface area contributed by atoms with Gasteiger partial charge in [0.2, 0.25) is 0 Å². The van der Waals surface area contributed by atoms with Gasteiger partial charge in [-0.05, 0) is 13.3 Å². The van der Waals surface area contributed by atoms with E-state index in [2.05, 4.69) is 11.9 Å². The van der Waals surface area contributed by atoms with Crippen molar-refractivity contribution in [3.8, 4) is 0 Å². The average Bonchev–Trinajstić information content (AvgIpc) is 1.99. The molecule has 0 rings (SSSR count). The molecular weight excluding hydrogens is 126 g/mol. The first-order valence-electron chi connectivity index (χ1n) is 3.74. The molecule has 0 aromatic carbocycles. The first kappa shape index (κ1) is 9.66. The second-order valence-corrected chi connectivity index (χ2v) is 2.49. The fourth-order valence-electron chi connectivity index (χ4n) is 0.550. The molecule has 2 atom stereocenters. The molecule has 0 bridgehead atoms. The van der Waals surface area contributed by atoms with Crippen LogP contribution in [0.3, 0.4) is 0 Å². The Morgan fingerprint density at radius 2 is 2.30 bits per heavy atom. The van der Waals surface area contributed by atoms with Crippen LogP contribution in [0.4, 0.5) is 0 Å². The van der Waals surface area contributed by atoms with Crippen LogP contribution in [0.15, 0.2) is 12.7 Å². The number of aliphatic hydroxyl groups excluding tert-OH is 1. The van der Waals surface area contributed by atoms with Crippen LogP contribution >= 0.6 is 0 Å². The summed E-state index contributed by atoms with van der Waals surface area (Å²) in [5, 5.41) is 12.2. The van der Waals surface area contributed by atoms with E-state index in [1.807, 2.05) is 19.9 Å². The predicted octanol–water partition coefficient (Wildman–Crippen LogP) is 0.921. The molecule has 60 valence electrons. The minimum atomic E-state index is -0.220. The fraction of sp³-hybridized carbons (Fsp3) is 0.750.